The fourth-order valence-electron chi connectivity index (χ4n) is 5.52. The Hall–Kier alpha value is -4.05. The molecule has 2 amide bonds. The van der Waals surface area contributed by atoms with Gasteiger partial charge in [-0.1, -0.05) is 67.8 Å². The number of anilines is 1. The first-order valence-electron chi connectivity index (χ1n) is 14.6. The quantitative estimate of drug-likeness (QED) is 0.291. The van der Waals surface area contributed by atoms with Gasteiger partial charge in [0.05, 0.1) is 24.8 Å². The van der Waals surface area contributed by atoms with E-state index in [2.05, 4.69) is 5.32 Å². The molecule has 3 aromatic carbocycles. The Balaban J connectivity index is 1.72. The van der Waals surface area contributed by atoms with Gasteiger partial charge in [-0.25, -0.2) is 8.42 Å². The molecule has 0 heterocycles. The molecule has 1 unspecified atom stereocenters. The van der Waals surface area contributed by atoms with Gasteiger partial charge in [-0.2, -0.15) is 0 Å². The smallest absolute Gasteiger partial charge is 0.264 e. The number of para-hydroxylation sites is 1. The minimum absolute atomic E-state index is 0.0574. The molecule has 4 rings (SSSR count). The molecular formula is C33H41N3O6S. The lowest BCUT2D eigenvalue weighted by Gasteiger charge is -2.34. The number of benzene rings is 3. The Morgan fingerprint density at radius 1 is 0.930 bits per heavy atom. The van der Waals surface area contributed by atoms with Crippen molar-refractivity contribution < 1.29 is 27.5 Å². The molecule has 0 radical (unpaired) electrons. The molecule has 43 heavy (non-hydrogen) atoms. The summed E-state index contributed by atoms with van der Waals surface area (Å²) in [6.07, 6.45) is 4.34. The predicted octanol–water partition coefficient (Wildman–Crippen LogP) is 5.07. The molecule has 230 valence electrons. The van der Waals surface area contributed by atoms with E-state index in [0.717, 1.165) is 41.1 Å². The summed E-state index contributed by atoms with van der Waals surface area (Å²) in [6.45, 7) is 3.49. The van der Waals surface area contributed by atoms with E-state index >= 15 is 0 Å². The molecule has 0 spiro atoms. The molecule has 1 aliphatic carbocycles. The topological polar surface area (TPSA) is 105 Å². The first-order valence-corrected chi connectivity index (χ1v) is 16.1. The van der Waals surface area contributed by atoms with Gasteiger partial charge in [0.1, 0.15) is 12.6 Å². The zero-order valence-corrected chi connectivity index (χ0v) is 26.1. The van der Waals surface area contributed by atoms with E-state index in [9.17, 15) is 18.0 Å². The third-order valence-corrected chi connectivity index (χ3v) is 9.56. The number of hydrogen-bond donors (Lipinski definition) is 1. The van der Waals surface area contributed by atoms with Crippen LogP contribution in [0.15, 0.2) is 77.7 Å². The first-order chi connectivity index (χ1) is 20.7. The average molecular weight is 608 g/mol. The number of carbonyl (C=O) groups is 2. The second-order valence-electron chi connectivity index (χ2n) is 10.8. The van der Waals surface area contributed by atoms with Crippen molar-refractivity contribution in [3.8, 4) is 11.5 Å². The Morgan fingerprint density at radius 2 is 1.63 bits per heavy atom. The summed E-state index contributed by atoms with van der Waals surface area (Å²) >= 11 is 0. The zero-order valence-electron chi connectivity index (χ0n) is 25.3. The van der Waals surface area contributed by atoms with Gasteiger partial charge in [0, 0.05) is 18.7 Å². The Morgan fingerprint density at radius 3 is 2.26 bits per heavy atom. The molecule has 3 aromatic rings. The molecule has 0 bridgehead atoms. The molecule has 1 atom stereocenters. The van der Waals surface area contributed by atoms with Crippen molar-refractivity contribution in [2.24, 2.45) is 0 Å². The highest BCUT2D eigenvalue weighted by Crippen LogP contribution is 2.32. The molecule has 0 aromatic heterocycles. The van der Waals surface area contributed by atoms with Gasteiger partial charge in [0.25, 0.3) is 10.0 Å². The number of rotatable bonds is 13. The molecule has 1 saturated carbocycles. The van der Waals surface area contributed by atoms with Gasteiger partial charge >= 0.3 is 0 Å². The van der Waals surface area contributed by atoms with Crippen LogP contribution in [0, 0.1) is 6.92 Å². The number of hydrogen-bond acceptors (Lipinski definition) is 6. The van der Waals surface area contributed by atoms with E-state index in [-0.39, 0.29) is 29.1 Å². The van der Waals surface area contributed by atoms with Crippen LogP contribution in [0.2, 0.25) is 0 Å². The van der Waals surface area contributed by atoms with Crippen molar-refractivity contribution in [2.75, 3.05) is 25.1 Å². The van der Waals surface area contributed by atoms with Crippen LogP contribution in [0.5, 0.6) is 11.5 Å². The first kappa shape index (κ1) is 31.9. The molecule has 9 nitrogen and oxygen atoms in total. The number of methoxy groups -OCH3 is 2. The maximum atomic E-state index is 14.3. The molecule has 10 heteroatoms. The molecule has 1 fully saturated rings. The van der Waals surface area contributed by atoms with Crippen LogP contribution in [-0.4, -0.2) is 58.0 Å². The fourth-order valence-corrected chi connectivity index (χ4v) is 6.95. The van der Waals surface area contributed by atoms with Crippen LogP contribution in [-0.2, 0) is 26.2 Å². The lowest BCUT2D eigenvalue weighted by molar-refractivity contribution is -0.140. The summed E-state index contributed by atoms with van der Waals surface area (Å²) in [4.78, 5) is 29.3. The second kappa shape index (κ2) is 14.4. The Kier molecular flexibility index (Phi) is 10.7. The second-order valence-corrected chi connectivity index (χ2v) is 12.7. The lowest BCUT2D eigenvalue weighted by atomic mass is 10.1. The fraction of sp³-hybridized carbons (Fsp3) is 0.394. The van der Waals surface area contributed by atoms with Crippen molar-refractivity contribution in [3.63, 3.8) is 0 Å². The molecule has 1 N–H and O–H groups in total. The van der Waals surface area contributed by atoms with E-state index in [1.807, 2.05) is 38.1 Å². The number of nitrogens with zero attached hydrogens (tertiary/aromatic N) is 2. The van der Waals surface area contributed by atoms with Gasteiger partial charge in [-0.15, -0.1) is 0 Å². The average Bonchev–Trinajstić information content (AvgIpc) is 3.52. The monoisotopic (exact) mass is 607 g/mol. The highest BCUT2D eigenvalue weighted by atomic mass is 32.2. The van der Waals surface area contributed by atoms with Gasteiger partial charge in [0.15, 0.2) is 11.5 Å². The minimum atomic E-state index is -4.24. The van der Waals surface area contributed by atoms with Crippen LogP contribution in [0.4, 0.5) is 5.69 Å². The summed E-state index contributed by atoms with van der Waals surface area (Å²) in [6, 6.07) is 19.9. The zero-order chi connectivity index (χ0) is 31.0. The Bertz CT molecular complexity index is 1510. The van der Waals surface area contributed by atoms with E-state index < -0.39 is 28.5 Å². The minimum Gasteiger partial charge on any atom is -0.493 e. The van der Waals surface area contributed by atoms with Crippen LogP contribution in [0.25, 0.3) is 0 Å². The van der Waals surface area contributed by atoms with Crippen LogP contribution in [0.1, 0.15) is 50.2 Å². The van der Waals surface area contributed by atoms with Crippen molar-refractivity contribution in [2.45, 2.75) is 69.5 Å². The summed E-state index contributed by atoms with van der Waals surface area (Å²) in [5.41, 5.74) is 2.20. The molecular weight excluding hydrogens is 566 g/mol. The molecule has 1 aliphatic rings. The highest BCUT2D eigenvalue weighted by molar-refractivity contribution is 7.92. The molecule has 0 aliphatic heterocycles. The summed E-state index contributed by atoms with van der Waals surface area (Å²) in [5.74, 6) is -0.0713. The number of nitrogens with one attached hydrogen (secondary N) is 1. The number of aryl methyl sites for hydroxylation is 1. The molecule has 0 saturated heterocycles. The van der Waals surface area contributed by atoms with Gasteiger partial charge in [-0.3, -0.25) is 13.9 Å². The maximum absolute atomic E-state index is 14.3. The van der Waals surface area contributed by atoms with Gasteiger partial charge in [-0.05, 0) is 56.0 Å². The normalized spacial score (nSPS) is 14.1. The van der Waals surface area contributed by atoms with E-state index in [1.54, 1.807) is 30.3 Å². The maximum Gasteiger partial charge on any atom is 0.264 e. The van der Waals surface area contributed by atoms with Gasteiger partial charge in [0.2, 0.25) is 11.8 Å². The van der Waals surface area contributed by atoms with Crippen molar-refractivity contribution >= 4 is 27.5 Å². The third-order valence-electron chi connectivity index (χ3n) is 7.79. The SMILES string of the molecule is CCC(C(=O)NC1CCCC1)N(Cc1cccc(C)c1)C(=O)CN(c1ccccc1)S(=O)(=O)c1ccc(OC)c(OC)c1. The highest BCUT2D eigenvalue weighted by Gasteiger charge is 2.35. The van der Waals surface area contributed by atoms with Crippen LogP contribution in [0.3, 0.4) is 0 Å². The predicted molar refractivity (Wildman–Crippen MR) is 167 cm³/mol. The number of sulfonamides is 1. The van der Waals surface area contributed by atoms with Crippen molar-refractivity contribution in [1.82, 2.24) is 10.2 Å². The van der Waals surface area contributed by atoms with Crippen LogP contribution >= 0.6 is 0 Å². The Labute approximate surface area is 254 Å². The summed E-state index contributed by atoms with van der Waals surface area (Å²) in [7, 11) is -1.34. The standard InChI is InChI=1S/C33H41N3O6S/c1-5-29(33(38)34-26-14-9-10-15-26)35(22-25-13-11-12-24(2)20-25)32(37)23-36(27-16-7-6-8-17-27)43(39,40)28-18-19-30(41-3)31(21-28)42-4/h6-8,11-13,16-21,26,29H,5,9-10,14-15,22-23H2,1-4H3,(H,34,38). The third kappa shape index (κ3) is 7.67. The van der Waals surface area contributed by atoms with E-state index in [0.29, 0.717) is 17.9 Å². The van der Waals surface area contributed by atoms with Crippen molar-refractivity contribution in [3.05, 3.63) is 83.9 Å². The van der Waals surface area contributed by atoms with E-state index in [4.69, 9.17) is 9.47 Å². The number of amides is 2. The lowest BCUT2D eigenvalue weighted by Crippen LogP contribution is -2.53. The summed E-state index contributed by atoms with van der Waals surface area (Å²) in [5, 5.41) is 3.14. The van der Waals surface area contributed by atoms with E-state index in [1.165, 1.54) is 37.3 Å². The van der Waals surface area contributed by atoms with Crippen LogP contribution < -0.4 is 19.1 Å². The largest absolute Gasteiger partial charge is 0.493 e. The number of ether oxygens (including phenoxy) is 2. The van der Waals surface area contributed by atoms with Gasteiger partial charge < -0.3 is 19.7 Å². The van der Waals surface area contributed by atoms with Crippen molar-refractivity contribution in [1.29, 1.82) is 0 Å². The summed E-state index contributed by atoms with van der Waals surface area (Å²) < 4.78 is 40.0. The number of carbonyl (C=O) groups excluding carboxylic acids is 2.